The summed E-state index contributed by atoms with van der Waals surface area (Å²) >= 11 is 8.17. The van der Waals surface area contributed by atoms with Gasteiger partial charge in [0, 0.05) is 9.79 Å². The Labute approximate surface area is 70.4 Å². The predicted molar refractivity (Wildman–Crippen MR) is 49.8 cm³/mol. The third-order valence-corrected chi connectivity index (χ3v) is 1.80. The smallest absolute Gasteiger partial charge is 0.0684 e. The Hall–Kier alpha value is -0.480. The Morgan fingerprint density at radius 3 is 2.20 bits per heavy atom. The van der Waals surface area contributed by atoms with E-state index in [-0.39, 0.29) is 0 Å². The quantitative estimate of drug-likeness (QED) is 0.353. The molecular formula is C6H8N2S2. The van der Waals surface area contributed by atoms with Gasteiger partial charge in [0.25, 0.3) is 0 Å². The van der Waals surface area contributed by atoms with E-state index >= 15 is 0 Å². The summed E-state index contributed by atoms with van der Waals surface area (Å²) in [5.74, 6) is 0. The van der Waals surface area contributed by atoms with Crippen LogP contribution in [-0.2, 0) is 0 Å². The van der Waals surface area contributed by atoms with Crippen molar-refractivity contribution >= 4 is 36.6 Å². The Balaban J connectivity index is 3.31. The normalized spacial score (nSPS) is 9.80. The molecule has 0 amide bonds. The lowest BCUT2D eigenvalue weighted by molar-refractivity contribution is 1.36. The molecule has 0 unspecified atom stereocenters. The van der Waals surface area contributed by atoms with E-state index in [2.05, 4.69) is 25.3 Å². The molecule has 0 atom stereocenters. The molecule has 0 saturated heterocycles. The second kappa shape index (κ2) is 2.64. The molecule has 2 nitrogen and oxygen atoms in total. The van der Waals surface area contributed by atoms with Crippen LogP contribution in [0.5, 0.6) is 0 Å². The molecular weight excluding hydrogens is 164 g/mol. The van der Waals surface area contributed by atoms with Crippen LogP contribution in [0, 0.1) is 0 Å². The van der Waals surface area contributed by atoms with E-state index in [1.165, 1.54) is 0 Å². The van der Waals surface area contributed by atoms with Gasteiger partial charge >= 0.3 is 0 Å². The van der Waals surface area contributed by atoms with E-state index in [0.29, 0.717) is 16.3 Å². The van der Waals surface area contributed by atoms with Gasteiger partial charge in [0.1, 0.15) is 0 Å². The average molecular weight is 172 g/mol. The van der Waals surface area contributed by atoms with Crippen molar-refractivity contribution in [2.45, 2.75) is 9.79 Å². The van der Waals surface area contributed by atoms with Crippen LogP contribution >= 0.6 is 25.3 Å². The maximum atomic E-state index is 5.52. The molecule has 0 fully saturated rings. The lowest BCUT2D eigenvalue weighted by Crippen LogP contribution is -1.95. The number of hydrogen-bond acceptors (Lipinski definition) is 4. The predicted octanol–water partition coefficient (Wildman–Crippen LogP) is 1.43. The summed E-state index contributed by atoms with van der Waals surface area (Å²) in [7, 11) is 0. The van der Waals surface area contributed by atoms with Crippen LogP contribution < -0.4 is 11.5 Å². The van der Waals surface area contributed by atoms with Crippen molar-refractivity contribution in [3.05, 3.63) is 12.1 Å². The largest absolute Gasteiger partial charge is 0.397 e. The molecule has 0 aliphatic carbocycles. The molecule has 0 bridgehead atoms. The summed E-state index contributed by atoms with van der Waals surface area (Å²) in [6.07, 6.45) is 0. The Kier molecular flexibility index (Phi) is 2.01. The van der Waals surface area contributed by atoms with Crippen LogP contribution in [0.25, 0.3) is 0 Å². The minimum atomic E-state index is 0.515. The van der Waals surface area contributed by atoms with Gasteiger partial charge in [0.05, 0.1) is 11.4 Å². The maximum absolute atomic E-state index is 5.52. The van der Waals surface area contributed by atoms with Gasteiger partial charge in [-0.2, -0.15) is 0 Å². The molecule has 4 heteroatoms. The van der Waals surface area contributed by atoms with E-state index in [1.54, 1.807) is 12.1 Å². The summed E-state index contributed by atoms with van der Waals surface area (Å²) in [5, 5.41) is 0. The van der Waals surface area contributed by atoms with E-state index < -0.39 is 0 Å². The first kappa shape index (κ1) is 7.63. The highest BCUT2D eigenvalue weighted by Crippen LogP contribution is 2.26. The van der Waals surface area contributed by atoms with Gasteiger partial charge in [-0.25, -0.2) is 0 Å². The van der Waals surface area contributed by atoms with Crippen LogP contribution in [0.15, 0.2) is 21.9 Å². The third-order valence-electron chi connectivity index (χ3n) is 1.17. The second-order valence-electron chi connectivity index (χ2n) is 1.97. The van der Waals surface area contributed by atoms with E-state index in [1.807, 2.05) is 0 Å². The van der Waals surface area contributed by atoms with Crippen molar-refractivity contribution in [3.8, 4) is 0 Å². The molecule has 0 aromatic heterocycles. The summed E-state index contributed by atoms with van der Waals surface area (Å²) in [6, 6.07) is 3.44. The molecule has 0 saturated carbocycles. The van der Waals surface area contributed by atoms with Crippen LogP contribution in [0.2, 0.25) is 0 Å². The molecule has 0 radical (unpaired) electrons. The average Bonchev–Trinajstić information content (AvgIpc) is 1.82. The number of hydrogen-bond donors (Lipinski definition) is 4. The lowest BCUT2D eigenvalue weighted by Gasteiger charge is -2.03. The highest BCUT2D eigenvalue weighted by molar-refractivity contribution is 7.81. The van der Waals surface area contributed by atoms with Gasteiger partial charge < -0.3 is 11.5 Å². The van der Waals surface area contributed by atoms with Gasteiger partial charge in [-0.3, -0.25) is 0 Å². The van der Waals surface area contributed by atoms with Crippen molar-refractivity contribution in [1.82, 2.24) is 0 Å². The molecule has 10 heavy (non-hydrogen) atoms. The zero-order valence-electron chi connectivity index (χ0n) is 5.20. The third kappa shape index (κ3) is 1.33. The topological polar surface area (TPSA) is 52.0 Å². The zero-order valence-corrected chi connectivity index (χ0v) is 6.99. The monoisotopic (exact) mass is 172 g/mol. The summed E-state index contributed by atoms with van der Waals surface area (Å²) < 4.78 is 0. The SMILES string of the molecule is Nc1cc(S)cc(S)c1N. The number of nitrogen functional groups attached to an aromatic ring is 2. The van der Waals surface area contributed by atoms with E-state index in [4.69, 9.17) is 11.5 Å². The minimum absolute atomic E-state index is 0.515. The first-order valence-electron chi connectivity index (χ1n) is 2.68. The van der Waals surface area contributed by atoms with E-state index in [0.717, 1.165) is 4.90 Å². The molecule has 0 aliphatic rings. The van der Waals surface area contributed by atoms with Crippen molar-refractivity contribution in [3.63, 3.8) is 0 Å². The van der Waals surface area contributed by atoms with Gasteiger partial charge in [0.15, 0.2) is 0 Å². The highest BCUT2D eigenvalue weighted by atomic mass is 32.1. The van der Waals surface area contributed by atoms with Crippen molar-refractivity contribution in [1.29, 1.82) is 0 Å². The van der Waals surface area contributed by atoms with Crippen molar-refractivity contribution in [2.75, 3.05) is 11.5 Å². The Bertz CT molecular complexity index is 237. The molecule has 0 aliphatic heterocycles. The number of rotatable bonds is 0. The number of benzene rings is 1. The van der Waals surface area contributed by atoms with Gasteiger partial charge in [0.2, 0.25) is 0 Å². The van der Waals surface area contributed by atoms with Crippen LogP contribution in [-0.4, -0.2) is 0 Å². The molecule has 4 N–H and O–H groups in total. The van der Waals surface area contributed by atoms with Crippen LogP contribution in [0.1, 0.15) is 0 Å². The first-order valence-corrected chi connectivity index (χ1v) is 3.57. The standard InChI is InChI=1S/C6H8N2S2/c7-4-1-3(9)2-5(10)6(4)8/h1-2,9-10H,7-8H2. The van der Waals surface area contributed by atoms with Gasteiger partial charge in [-0.15, -0.1) is 25.3 Å². The molecule has 0 heterocycles. The fourth-order valence-corrected chi connectivity index (χ4v) is 1.28. The molecule has 54 valence electrons. The van der Waals surface area contributed by atoms with Gasteiger partial charge in [-0.1, -0.05) is 0 Å². The fourth-order valence-electron chi connectivity index (χ4n) is 0.644. The number of nitrogens with two attached hydrogens (primary N) is 2. The Morgan fingerprint density at radius 1 is 1.10 bits per heavy atom. The fraction of sp³-hybridized carbons (Fsp3) is 0. The Morgan fingerprint density at radius 2 is 1.70 bits per heavy atom. The summed E-state index contributed by atoms with van der Waals surface area (Å²) in [4.78, 5) is 1.45. The maximum Gasteiger partial charge on any atom is 0.0684 e. The molecule has 0 spiro atoms. The summed E-state index contributed by atoms with van der Waals surface area (Å²) in [6.45, 7) is 0. The van der Waals surface area contributed by atoms with Crippen molar-refractivity contribution in [2.24, 2.45) is 0 Å². The van der Waals surface area contributed by atoms with E-state index in [9.17, 15) is 0 Å². The van der Waals surface area contributed by atoms with Crippen molar-refractivity contribution < 1.29 is 0 Å². The highest BCUT2D eigenvalue weighted by Gasteiger charge is 1.99. The number of thiol groups is 2. The molecule has 1 aromatic rings. The zero-order chi connectivity index (χ0) is 7.72. The van der Waals surface area contributed by atoms with Gasteiger partial charge in [-0.05, 0) is 12.1 Å². The lowest BCUT2D eigenvalue weighted by atomic mass is 10.3. The first-order chi connectivity index (χ1) is 4.61. The van der Waals surface area contributed by atoms with Crippen LogP contribution in [0.3, 0.4) is 0 Å². The second-order valence-corrected chi connectivity index (χ2v) is 2.97. The van der Waals surface area contributed by atoms with Crippen LogP contribution in [0.4, 0.5) is 11.4 Å². The summed E-state index contributed by atoms with van der Waals surface area (Å²) in [5.41, 5.74) is 12.1. The molecule has 1 rings (SSSR count). The number of anilines is 2. The minimum Gasteiger partial charge on any atom is -0.397 e. The molecule has 1 aromatic carbocycles.